The fourth-order valence-corrected chi connectivity index (χ4v) is 2.22. The van der Waals surface area contributed by atoms with Crippen molar-refractivity contribution in [3.63, 3.8) is 0 Å². The molecule has 0 spiro atoms. The van der Waals surface area contributed by atoms with Crippen LogP contribution in [0.1, 0.15) is 30.9 Å². The normalized spacial score (nSPS) is 10.8. The molecule has 2 aromatic rings. The average molecular weight is 244 g/mol. The molecule has 0 aliphatic heterocycles. The highest BCUT2D eigenvalue weighted by Crippen LogP contribution is 2.21. The SMILES string of the molecule is CCCC(=O)NCCc1c[nH]c2c(C)cccc12. The van der Waals surface area contributed by atoms with Crippen molar-refractivity contribution in [2.75, 3.05) is 6.54 Å². The van der Waals surface area contributed by atoms with Gasteiger partial charge in [0.25, 0.3) is 0 Å². The lowest BCUT2D eigenvalue weighted by molar-refractivity contribution is -0.121. The van der Waals surface area contributed by atoms with Crippen LogP contribution in [0.5, 0.6) is 0 Å². The van der Waals surface area contributed by atoms with Gasteiger partial charge in [0.1, 0.15) is 0 Å². The fraction of sp³-hybridized carbons (Fsp3) is 0.400. The van der Waals surface area contributed by atoms with Gasteiger partial charge in [-0.3, -0.25) is 4.79 Å². The molecule has 1 amide bonds. The van der Waals surface area contributed by atoms with Crippen molar-refractivity contribution in [3.05, 3.63) is 35.5 Å². The maximum Gasteiger partial charge on any atom is 0.219 e. The number of fused-ring (bicyclic) bond motifs is 1. The highest BCUT2D eigenvalue weighted by atomic mass is 16.1. The predicted octanol–water partition coefficient (Wildman–Crippen LogP) is 2.94. The summed E-state index contributed by atoms with van der Waals surface area (Å²) >= 11 is 0. The number of carbonyl (C=O) groups excluding carboxylic acids is 1. The summed E-state index contributed by atoms with van der Waals surface area (Å²) in [4.78, 5) is 14.7. The molecular weight excluding hydrogens is 224 g/mol. The average Bonchev–Trinajstić information content (AvgIpc) is 2.75. The van der Waals surface area contributed by atoms with E-state index in [1.807, 2.05) is 13.1 Å². The first kappa shape index (κ1) is 12.7. The Morgan fingerprint density at radius 2 is 2.22 bits per heavy atom. The Kier molecular flexibility index (Phi) is 4.03. The number of rotatable bonds is 5. The molecule has 3 heteroatoms. The molecule has 0 atom stereocenters. The Morgan fingerprint density at radius 1 is 1.39 bits per heavy atom. The summed E-state index contributed by atoms with van der Waals surface area (Å²) in [5, 5.41) is 4.21. The molecule has 1 aromatic carbocycles. The highest BCUT2D eigenvalue weighted by molar-refractivity contribution is 5.86. The number of hydrogen-bond donors (Lipinski definition) is 2. The van der Waals surface area contributed by atoms with Crippen molar-refractivity contribution in [3.8, 4) is 0 Å². The Balaban J connectivity index is 2.00. The van der Waals surface area contributed by atoms with Crippen LogP contribution >= 0.6 is 0 Å². The highest BCUT2D eigenvalue weighted by Gasteiger charge is 2.05. The van der Waals surface area contributed by atoms with E-state index in [1.165, 1.54) is 22.0 Å². The second-order valence-corrected chi connectivity index (χ2v) is 4.66. The van der Waals surface area contributed by atoms with Gasteiger partial charge in [-0.05, 0) is 30.9 Å². The van der Waals surface area contributed by atoms with Crippen molar-refractivity contribution < 1.29 is 4.79 Å². The van der Waals surface area contributed by atoms with Gasteiger partial charge in [-0.1, -0.05) is 25.1 Å². The molecule has 1 aromatic heterocycles. The number of aromatic nitrogens is 1. The number of benzene rings is 1. The summed E-state index contributed by atoms with van der Waals surface area (Å²) in [7, 11) is 0. The monoisotopic (exact) mass is 244 g/mol. The van der Waals surface area contributed by atoms with Crippen LogP contribution in [-0.2, 0) is 11.2 Å². The topological polar surface area (TPSA) is 44.9 Å². The lowest BCUT2D eigenvalue weighted by Crippen LogP contribution is -2.25. The first-order chi connectivity index (χ1) is 8.72. The van der Waals surface area contributed by atoms with Crippen LogP contribution in [-0.4, -0.2) is 17.4 Å². The summed E-state index contributed by atoms with van der Waals surface area (Å²) in [6.45, 7) is 4.83. The van der Waals surface area contributed by atoms with Crippen LogP contribution in [0.4, 0.5) is 0 Å². The molecule has 2 rings (SSSR count). The quantitative estimate of drug-likeness (QED) is 0.834. The predicted molar refractivity (Wildman–Crippen MR) is 74.7 cm³/mol. The molecule has 0 unspecified atom stereocenters. The smallest absolute Gasteiger partial charge is 0.219 e. The molecule has 1 heterocycles. The number of nitrogens with one attached hydrogen (secondary N) is 2. The van der Waals surface area contributed by atoms with Gasteiger partial charge in [0, 0.05) is 30.1 Å². The third-order valence-electron chi connectivity index (χ3n) is 3.20. The van der Waals surface area contributed by atoms with Crippen molar-refractivity contribution in [2.45, 2.75) is 33.1 Å². The summed E-state index contributed by atoms with van der Waals surface area (Å²) in [6.07, 6.45) is 4.44. The van der Waals surface area contributed by atoms with E-state index in [0.717, 1.165) is 12.8 Å². The number of aromatic amines is 1. The van der Waals surface area contributed by atoms with Gasteiger partial charge in [-0.15, -0.1) is 0 Å². The Labute approximate surface area is 108 Å². The number of amides is 1. The second-order valence-electron chi connectivity index (χ2n) is 4.66. The van der Waals surface area contributed by atoms with E-state index < -0.39 is 0 Å². The van der Waals surface area contributed by atoms with E-state index >= 15 is 0 Å². The zero-order valence-corrected chi connectivity index (χ0v) is 11.0. The lowest BCUT2D eigenvalue weighted by atomic mass is 10.1. The van der Waals surface area contributed by atoms with Gasteiger partial charge in [0.2, 0.25) is 5.91 Å². The number of hydrogen-bond acceptors (Lipinski definition) is 1. The summed E-state index contributed by atoms with van der Waals surface area (Å²) in [5.41, 5.74) is 3.73. The zero-order chi connectivity index (χ0) is 13.0. The van der Waals surface area contributed by atoms with Crippen LogP contribution in [0.25, 0.3) is 10.9 Å². The largest absolute Gasteiger partial charge is 0.361 e. The van der Waals surface area contributed by atoms with E-state index in [1.54, 1.807) is 0 Å². The van der Waals surface area contributed by atoms with Gasteiger partial charge in [0.15, 0.2) is 0 Å². The standard InChI is InChI=1S/C15H20N2O/c1-3-5-14(18)16-9-8-12-10-17-15-11(2)6-4-7-13(12)15/h4,6-7,10,17H,3,5,8-9H2,1-2H3,(H,16,18). The van der Waals surface area contributed by atoms with Crippen LogP contribution in [0, 0.1) is 6.92 Å². The van der Waals surface area contributed by atoms with Crippen LogP contribution in [0.3, 0.4) is 0 Å². The molecule has 3 nitrogen and oxygen atoms in total. The van der Waals surface area contributed by atoms with Gasteiger partial charge in [-0.2, -0.15) is 0 Å². The number of para-hydroxylation sites is 1. The third-order valence-corrected chi connectivity index (χ3v) is 3.20. The number of aryl methyl sites for hydroxylation is 1. The van der Waals surface area contributed by atoms with Crippen LogP contribution < -0.4 is 5.32 Å². The van der Waals surface area contributed by atoms with Gasteiger partial charge in [0.05, 0.1) is 0 Å². The van der Waals surface area contributed by atoms with E-state index in [-0.39, 0.29) is 5.91 Å². The Morgan fingerprint density at radius 3 is 3.00 bits per heavy atom. The van der Waals surface area contributed by atoms with Crippen molar-refractivity contribution >= 4 is 16.8 Å². The van der Waals surface area contributed by atoms with E-state index in [2.05, 4.69) is 35.4 Å². The van der Waals surface area contributed by atoms with Gasteiger partial charge >= 0.3 is 0 Å². The minimum Gasteiger partial charge on any atom is -0.361 e. The van der Waals surface area contributed by atoms with Crippen LogP contribution in [0.2, 0.25) is 0 Å². The molecule has 0 radical (unpaired) electrons. The first-order valence-electron chi connectivity index (χ1n) is 6.54. The maximum atomic E-state index is 11.4. The Bertz CT molecular complexity index is 542. The fourth-order valence-electron chi connectivity index (χ4n) is 2.22. The molecule has 96 valence electrons. The van der Waals surface area contributed by atoms with Crippen molar-refractivity contribution in [2.24, 2.45) is 0 Å². The maximum absolute atomic E-state index is 11.4. The van der Waals surface area contributed by atoms with Crippen molar-refractivity contribution in [1.82, 2.24) is 10.3 Å². The van der Waals surface area contributed by atoms with Crippen LogP contribution in [0.15, 0.2) is 24.4 Å². The molecule has 0 saturated carbocycles. The molecule has 0 saturated heterocycles. The molecule has 0 aliphatic carbocycles. The molecule has 0 aliphatic rings. The molecular formula is C15H20N2O. The third kappa shape index (κ3) is 2.73. The molecule has 18 heavy (non-hydrogen) atoms. The van der Waals surface area contributed by atoms with Gasteiger partial charge < -0.3 is 10.3 Å². The number of H-pyrrole nitrogens is 1. The molecule has 0 bridgehead atoms. The van der Waals surface area contributed by atoms with Gasteiger partial charge in [-0.25, -0.2) is 0 Å². The first-order valence-corrected chi connectivity index (χ1v) is 6.54. The van der Waals surface area contributed by atoms with E-state index in [4.69, 9.17) is 0 Å². The van der Waals surface area contributed by atoms with E-state index in [0.29, 0.717) is 13.0 Å². The minimum atomic E-state index is 0.147. The Hall–Kier alpha value is -1.77. The zero-order valence-electron chi connectivity index (χ0n) is 11.0. The molecule has 0 fully saturated rings. The van der Waals surface area contributed by atoms with E-state index in [9.17, 15) is 4.79 Å². The lowest BCUT2D eigenvalue weighted by Gasteiger charge is -2.03. The van der Waals surface area contributed by atoms with Crippen molar-refractivity contribution in [1.29, 1.82) is 0 Å². The molecule has 2 N–H and O–H groups in total. The second kappa shape index (κ2) is 5.71. The minimum absolute atomic E-state index is 0.147. The summed E-state index contributed by atoms with van der Waals surface area (Å²) < 4.78 is 0. The number of carbonyl (C=O) groups is 1. The summed E-state index contributed by atoms with van der Waals surface area (Å²) in [6, 6.07) is 6.30. The summed E-state index contributed by atoms with van der Waals surface area (Å²) in [5.74, 6) is 0.147.